The largest absolute Gasteiger partial charge is 0.543 e. The maximum atomic E-state index is 12.1. The summed E-state index contributed by atoms with van der Waals surface area (Å²) in [5.74, 6) is 3.36. The van der Waals surface area contributed by atoms with E-state index in [1.54, 1.807) is 0 Å². The van der Waals surface area contributed by atoms with Crippen LogP contribution in [0.25, 0.3) is 11.6 Å². The summed E-state index contributed by atoms with van der Waals surface area (Å²) in [7, 11) is -0.611. The molecule has 232 valence electrons. The second-order valence-electron chi connectivity index (χ2n) is 15.3. The first-order valence-corrected chi connectivity index (χ1v) is 19.3. The van der Waals surface area contributed by atoms with E-state index in [1.165, 1.54) is 56.8 Å². The van der Waals surface area contributed by atoms with E-state index in [0.717, 1.165) is 54.3 Å². The van der Waals surface area contributed by atoms with E-state index in [2.05, 4.69) is 58.1 Å². The molecule has 1 saturated heterocycles. The normalized spacial score (nSPS) is 27.8. The van der Waals surface area contributed by atoms with Gasteiger partial charge < -0.3 is 18.6 Å². The van der Waals surface area contributed by atoms with Crippen molar-refractivity contribution in [3.8, 4) is 5.75 Å². The second-order valence-corrected chi connectivity index (χ2v) is 20.0. The molecule has 5 nitrogen and oxygen atoms in total. The predicted molar refractivity (Wildman–Crippen MR) is 175 cm³/mol. The first kappa shape index (κ1) is 30.6. The molecule has 4 saturated carbocycles. The molecule has 0 atom stereocenters. The zero-order chi connectivity index (χ0) is 30.4. The van der Waals surface area contributed by atoms with Crippen molar-refractivity contribution in [3.05, 3.63) is 64.7 Å². The highest BCUT2D eigenvalue weighted by atomic mass is 28.4. The van der Waals surface area contributed by atoms with Crippen LogP contribution in [0.4, 0.5) is 0 Å². The summed E-state index contributed by atoms with van der Waals surface area (Å²) >= 11 is 0. The van der Waals surface area contributed by atoms with Crippen LogP contribution in [0.1, 0.15) is 99.2 Å². The van der Waals surface area contributed by atoms with E-state index in [4.69, 9.17) is 18.6 Å². The molecule has 0 amide bonds. The molecule has 4 aliphatic carbocycles. The Bertz CT molecular complexity index is 1310. The maximum absolute atomic E-state index is 12.1. The van der Waals surface area contributed by atoms with E-state index in [1.807, 2.05) is 24.3 Å². The van der Waals surface area contributed by atoms with E-state index < -0.39 is 8.32 Å². The van der Waals surface area contributed by atoms with Crippen LogP contribution < -0.4 is 4.43 Å². The molecule has 7 rings (SSSR count). The van der Waals surface area contributed by atoms with E-state index >= 15 is 0 Å². The van der Waals surface area contributed by atoms with Gasteiger partial charge in [-0.1, -0.05) is 45.0 Å². The van der Waals surface area contributed by atoms with Crippen LogP contribution in [0.3, 0.4) is 0 Å². The third-order valence-corrected chi connectivity index (χ3v) is 15.4. The van der Waals surface area contributed by atoms with Gasteiger partial charge in [0.15, 0.2) is 6.29 Å². The average molecular weight is 603 g/mol. The molecule has 2 aromatic rings. The average Bonchev–Trinajstić information content (AvgIpc) is 2.96. The predicted octanol–water partition coefficient (Wildman–Crippen LogP) is 9.02. The van der Waals surface area contributed by atoms with Gasteiger partial charge in [0, 0.05) is 6.42 Å². The molecule has 5 fully saturated rings. The summed E-state index contributed by atoms with van der Waals surface area (Å²) in [6, 6.07) is 14.7. The molecular weight excluding hydrogens is 552 g/mol. The minimum absolute atomic E-state index is 0.133. The highest BCUT2D eigenvalue weighted by molar-refractivity contribution is 6.74. The molecule has 0 aromatic heterocycles. The second kappa shape index (κ2) is 11.8. The van der Waals surface area contributed by atoms with Crippen LogP contribution in [0.5, 0.6) is 5.75 Å². The third kappa shape index (κ3) is 6.39. The van der Waals surface area contributed by atoms with Crippen LogP contribution in [-0.2, 0) is 19.6 Å². The number of benzene rings is 2. The Morgan fingerprint density at radius 3 is 2.07 bits per heavy atom. The van der Waals surface area contributed by atoms with Crippen molar-refractivity contribution >= 4 is 25.9 Å². The molecule has 0 N–H and O–H groups in total. The number of ether oxygens (including phenoxy) is 3. The first-order valence-electron chi connectivity index (χ1n) is 16.4. The highest BCUT2D eigenvalue weighted by Gasteiger charge is 2.53. The molecule has 0 radical (unpaired) electrons. The Morgan fingerprint density at radius 2 is 1.51 bits per heavy atom. The van der Waals surface area contributed by atoms with Gasteiger partial charge in [-0.15, -0.1) is 0 Å². The molecule has 5 aliphatic rings. The van der Waals surface area contributed by atoms with Crippen molar-refractivity contribution in [3.63, 3.8) is 0 Å². The molecule has 2 aromatic carbocycles. The monoisotopic (exact) mass is 602 g/mol. The highest BCUT2D eigenvalue weighted by Crippen LogP contribution is 2.62. The zero-order valence-electron chi connectivity index (χ0n) is 27.0. The van der Waals surface area contributed by atoms with Gasteiger partial charge in [0.2, 0.25) is 8.32 Å². The summed E-state index contributed by atoms with van der Waals surface area (Å²) in [5, 5.41) is 0.133. The van der Waals surface area contributed by atoms with E-state index in [0.29, 0.717) is 12.0 Å². The van der Waals surface area contributed by atoms with Crippen molar-refractivity contribution in [2.45, 2.75) is 102 Å². The Kier molecular flexibility index (Phi) is 8.42. The van der Waals surface area contributed by atoms with Crippen LogP contribution in [0.15, 0.2) is 42.5 Å². The molecule has 1 aliphatic heterocycles. The fourth-order valence-electron chi connectivity index (χ4n) is 8.24. The topological polar surface area (TPSA) is 54.0 Å². The lowest BCUT2D eigenvalue weighted by atomic mass is 9.48. The number of carbonyl (C=O) groups is 1. The Labute approximate surface area is 259 Å². The minimum Gasteiger partial charge on any atom is -0.543 e. The van der Waals surface area contributed by atoms with Gasteiger partial charge in [-0.2, -0.15) is 0 Å². The SMILES string of the molecule is COC(=O)c1ccc(C(=Cc2ccc(O[Si](C)(C)C(C)(C)C)c(C34CC5CC(CC(C5)C3)C4)c2)CC2OCCCO2)cc1. The fraction of sp³-hybridized carbons (Fsp3) is 0.595. The molecule has 6 heteroatoms. The molecule has 0 spiro atoms. The van der Waals surface area contributed by atoms with E-state index in [9.17, 15) is 4.79 Å². The van der Waals surface area contributed by atoms with Gasteiger partial charge in [0.1, 0.15) is 5.75 Å². The summed E-state index contributed by atoms with van der Waals surface area (Å²) in [4.78, 5) is 12.1. The molecule has 1 heterocycles. The summed E-state index contributed by atoms with van der Waals surface area (Å²) in [5.41, 5.74) is 5.59. The standard InChI is InChI=1S/C37H50O5Si/c1-36(2,3)43(5,6)42-33-13-8-25(20-32(33)37-22-26-16-27(23-37)18-28(17-26)24-37)19-31(21-34-40-14-7-15-41-34)29-9-11-30(12-10-29)35(38)39-4/h8-13,19-20,26-28,34H,7,14-18,21-24H2,1-6H3. The lowest BCUT2D eigenvalue weighted by Crippen LogP contribution is -2.49. The number of rotatable bonds is 8. The number of esters is 1. The fourth-order valence-corrected chi connectivity index (χ4v) is 9.28. The van der Waals surface area contributed by atoms with Gasteiger partial charge in [-0.25, -0.2) is 4.79 Å². The van der Waals surface area contributed by atoms with Crippen LogP contribution in [0.2, 0.25) is 18.1 Å². The number of hydrogen-bond donors (Lipinski definition) is 0. The van der Waals surface area contributed by atoms with Gasteiger partial charge in [-0.05, 0) is 133 Å². The van der Waals surface area contributed by atoms with Crippen LogP contribution in [0, 0.1) is 17.8 Å². The number of hydrogen-bond acceptors (Lipinski definition) is 5. The number of carbonyl (C=O) groups excluding carboxylic acids is 1. The Balaban J connectivity index is 1.41. The molecule has 0 unspecified atom stereocenters. The van der Waals surface area contributed by atoms with Crippen molar-refractivity contribution in [1.82, 2.24) is 0 Å². The van der Waals surface area contributed by atoms with Crippen molar-refractivity contribution in [2.75, 3.05) is 20.3 Å². The lowest BCUT2D eigenvalue weighted by Gasteiger charge is -2.57. The summed E-state index contributed by atoms with van der Waals surface area (Å²) in [6.07, 6.45) is 11.8. The van der Waals surface area contributed by atoms with Crippen molar-refractivity contribution < 1.29 is 23.4 Å². The molecular formula is C37H50O5Si. The molecule has 4 bridgehead atoms. The van der Waals surface area contributed by atoms with Crippen LogP contribution in [-0.4, -0.2) is 40.9 Å². The van der Waals surface area contributed by atoms with Gasteiger partial charge in [0.05, 0.1) is 25.9 Å². The lowest BCUT2D eigenvalue weighted by molar-refractivity contribution is -0.174. The quantitative estimate of drug-likeness (QED) is 0.171. The maximum Gasteiger partial charge on any atom is 0.337 e. The zero-order valence-corrected chi connectivity index (χ0v) is 28.0. The smallest absolute Gasteiger partial charge is 0.337 e. The summed E-state index contributed by atoms with van der Waals surface area (Å²) in [6.45, 7) is 13.1. The van der Waals surface area contributed by atoms with Gasteiger partial charge in [-0.3, -0.25) is 0 Å². The van der Waals surface area contributed by atoms with Crippen LogP contribution >= 0.6 is 0 Å². The third-order valence-electron chi connectivity index (χ3n) is 11.1. The minimum atomic E-state index is -2.03. The van der Waals surface area contributed by atoms with E-state index in [-0.39, 0.29) is 22.7 Å². The van der Waals surface area contributed by atoms with Crippen molar-refractivity contribution in [2.24, 2.45) is 17.8 Å². The molecule has 43 heavy (non-hydrogen) atoms. The Morgan fingerprint density at radius 1 is 0.930 bits per heavy atom. The van der Waals surface area contributed by atoms with Crippen molar-refractivity contribution in [1.29, 1.82) is 0 Å². The Hall–Kier alpha value is -2.41. The number of methoxy groups -OCH3 is 1. The van der Waals surface area contributed by atoms with Gasteiger partial charge in [0.25, 0.3) is 0 Å². The summed E-state index contributed by atoms with van der Waals surface area (Å²) < 4.78 is 24.0. The van der Waals surface area contributed by atoms with Gasteiger partial charge >= 0.3 is 5.97 Å². The first-order chi connectivity index (χ1) is 20.4.